The Kier molecular flexibility index (Phi) is 4.90. The molecule has 2 aliphatic rings. The Balaban J connectivity index is 1.42. The summed E-state index contributed by atoms with van der Waals surface area (Å²) >= 11 is 1.75. The largest absolute Gasteiger partial charge is 0.355 e. The number of carbonyl (C=O) groups excluding carboxylic acids is 1. The number of thiophene rings is 1. The van der Waals surface area contributed by atoms with Crippen molar-refractivity contribution in [2.75, 3.05) is 19.6 Å². The van der Waals surface area contributed by atoms with Gasteiger partial charge in [0.2, 0.25) is 5.91 Å². The lowest BCUT2D eigenvalue weighted by Crippen LogP contribution is -2.44. The van der Waals surface area contributed by atoms with Crippen LogP contribution in [0.2, 0.25) is 0 Å². The number of hydrogen-bond acceptors (Lipinski definition) is 4. The topological polar surface area (TPSA) is 50.2 Å². The number of fused-ring (bicyclic) bond motifs is 1. The fourth-order valence-corrected chi connectivity index (χ4v) is 4.66. The number of nitrogens with zero attached hydrogens (tertiary/aromatic N) is 3. The Morgan fingerprint density at radius 1 is 1.44 bits per heavy atom. The van der Waals surface area contributed by atoms with Crippen LogP contribution in [0.4, 0.5) is 0 Å². The van der Waals surface area contributed by atoms with Crippen LogP contribution in [0.5, 0.6) is 0 Å². The van der Waals surface area contributed by atoms with Gasteiger partial charge in [0.1, 0.15) is 0 Å². The molecular formula is C19H26N4OS. The molecule has 1 aliphatic carbocycles. The van der Waals surface area contributed by atoms with Crippen molar-refractivity contribution < 1.29 is 4.79 Å². The summed E-state index contributed by atoms with van der Waals surface area (Å²) in [4.78, 5) is 21.2. The summed E-state index contributed by atoms with van der Waals surface area (Å²) in [7, 11) is 2.00. The second-order valence-corrected chi connectivity index (χ2v) is 8.38. The highest BCUT2D eigenvalue weighted by atomic mass is 32.1. The van der Waals surface area contributed by atoms with E-state index in [0.717, 1.165) is 43.4 Å². The molecule has 0 unspecified atom stereocenters. The molecule has 1 N–H and O–H groups in total. The van der Waals surface area contributed by atoms with Gasteiger partial charge in [-0.1, -0.05) is 12.5 Å². The van der Waals surface area contributed by atoms with Crippen molar-refractivity contribution in [3.8, 4) is 0 Å². The first kappa shape index (κ1) is 16.8. The molecule has 3 heterocycles. The van der Waals surface area contributed by atoms with Crippen LogP contribution in [-0.4, -0.2) is 40.0 Å². The molecular weight excluding hydrogens is 332 g/mol. The summed E-state index contributed by atoms with van der Waals surface area (Å²) in [5.41, 5.74) is 2.17. The van der Waals surface area contributed by atoms with E-state index >= 15 is 0 Å². The number of carbonyl (C=O) groups is 1. The zero-order valence-electron chi connectivity index (χ0n) is 14.8. The molecule has 5 nitrogen and oxygen atoms in total. The Bertz CT molecular complexity index is 720. The molecule has 134 valence electrons. The van der Waals surface area contributed by atoms with Gasteiger partial charge in [-0.3, -0.25) is 9.69 Å². The van der Waals surface area contributed by atoms with Crippen LogP contribution in [0.1, 0.15) is 41.4 Å². The fraction of sp³-hybridized carbons (Fsp3) is 0.579. The first-order valence-corrected chi connectivity index (χ1v) is 10.1. The molecule has 0 saturated heterocycles. The smallest absolute Gasteiger partial charge is 0.230 e. The molecule has 1 saturated carbocycles. The molecule has 0 aromatic carbocycles. The van der Waals surface area contributed by atoms with E-state index in [9.17, 15) is 4.79 Å². The molecule has 0 radical (unpaired) electrons. The van der Waals surface area contributed by atoms with Crippen LogP contribution in [0.25, 0.3) is 0 Å². The highest BCUT2D eigenvalue weighted by Crippen LogP contribution is 2.32. The van der Waals surface area contributed by atoms with Gasteiger partial charge >= 0.3 is 0 Å². The highest BCUT2D eigenvalue weighted by Gasteiger charge is 2.35. The van der Waals surface area contributed by atoms with Crippen LogP contribution >= 0.6 is 11.3 Å². The van der Waals surface area contributed by atoms with Gasteiger partial charge in [-0.2, -0.15) is 0 Å². The number of hydrogen-bond donors (Lipinski definition) is 1. The van der Waals surface area contributed by atoms with Crippen molar-refractivity contribution in [2.45, 2.75) is 38.1 Å². The average molecular weight is 359 g/mol. The normalized spacial score (nSPS) is 20.9. The third kappa shape index (κ3) is 3.65. The average Bonchev–Trinajstić information content (AvgIpc) is 3.20. The van der Waals surface area contributed by atoms with Crippen LogP contribution in [0.3, 0.4) is 0 Å². The van der Waals surface area contributed by atoms with E-state index in [4.69, 9.17) is 0 Å². The van der Waals surface area contributed by atoms with E-state index in [1.54, 1.807) is 11.3 Å². The molecule has 0 spiro atoms. The maximum atomic E-state index is 12.9. The fourth-order valence-electron chi connectivity index (χ4n) is 3.95. The number of imidazole rings is 1. The van der Waals surface area contributed by atoms with Crippen LogP contribution < -0.4 is 5.32 Å². The Morgan fingerprint density at radius 2 is 2.32 bits per heavy atom. The molecule has 1 aliphatic heterocycles. The predicted octanol–water partition coefficient (Wildman–Crippen LogP) is 2.54. The van der Waals surface area contributed by atoms with E-state index in [2.05, 4.69) is 32.7 Å². The third-order valence-corrected chi connectivity index (χ3v) is 6.45. The predicted molar refractivity (Wildman–Crippen MR) is 99.6 cm³/mol. The third-order valence-electron chi connectivity index (χ3n) is 5.52. The molecule has 1 amide bonds. The molecule has 25 heavy (non-hydrogen) atoms. The van der Waals surface area contributed by atoms with E-state index in [0.29, 0.717) is 6.54 Å². The van der Waals surface area contributed by atoms with Gasteiger partial charge in [-0.05, 0) is 36.6 Å². The maximum Gasteiger partial charge on any atom is 0.230 e. The van der Waals surface area contributed by atoms with E-state index in [-0.39, 0.29) is 11.8 Å². The molecule has 4 rings (SSSR count). The van der Waals surface area contributed by atoms with E-state index in [1.165, 1.54) is 24.1 Å². The van der Waals surface area contributed by atoms with Crippen molar-refractivity contribution in [3.63, 3.8) is 0 Å². The second-order valence-electron chi connectivity index (χ2n) is 7.35. The van der Waals surface area contributed by atoms with Gasteiger partial charge in [-0.15, -0.1) is 11.3 Å². The van der Waals surface area contributed by atoms with Crippen LogP contribution in [0, 0.1) is 5.92 Å². The summed E-state index contributed by atoms with van der Waals surface area (Å²) in [6.07, 6.45) is 6.79. The van der Waals surface area contributed by atoms with Crippen molar-refractivity contribution in [1.29, 1.82) is 0 Å². The van der Waals surface area contributed by atoms with Crippen molar-refractivity contribution >= 4 is 17.2 Å². The summed E-state index contributed by atoms with van der Waals surface area (Å²) in [6.45, 7) is 3.50. The monoisotopic (exact) mass is 358 g/mol. The number of amides is 1. The van der Waals surface area contributed by atoms with Crippen molar-refractivity contribution in [1.82, 2.24) is 19.8 Å². The minimum Gasteiger partial charge on any atom is -0.355 e. The molecule has 2 aromatic rings. The minimum absolute atomic E-state index is 0.111. The molecule has 2 aromatic heterocycles. The standard InChI is InChI=1S/C19H26N4OS/c1-22-13-21-17-12-23(10-14-4-2-5-14)11-16(18(17)22)19(24)20-8-7-15-6-3-9-25-15/h3,6,9,13-14,16H,2,4-5,7-8,10-12H2,1H3,(H,20,24)/t16-/m0/s1. The van der Waals surface area contributed by atoms with Gasteiger partial charge in [-0.25, -0.2) is 4.98 Å². The first-order valence-electron chi connectivity index (χ1n) is 9.23. The zero-order chi connectivity index (χ0) is 17.2. The quantitative estimate of drug-likeness (QED) is 0.863. The number of aromatic nitrogens is 2. The van der Waals surface area contributed by atoms with Crippen molar-refractivity contribution in [2.24, 2.45) is 13.0 Å². The maximum absolute atomic E-state index is 12.9. The Morgan fingerprint density at radius 3 is 3.04 bits per heavy atom. The Labute approximate surface area is 153 Å². The summed E-state index contributed by atoms with van der Waals surface area (Å²) < 4.78 is 2.03. The van der Waals surface area contributed by atoms with Gasteiger partial charge in [0.15, 0.2) is 0 Å². The molecule has 0 bridgehead atoms. The molecule has 1 fully saturated rings. The van der Waals surface area contributed by atoms with Gasteiger partial charge < -0.3 is 9.88 Å². The van der Waals surface area contributed by atoms with E-state index in [1.807, 2.05) is 17.9 Å². The van der Waals surface area contributed by atoms with Crippen molar-refractivity contribution in [3.05, 3.63) is 40.1 Å². The van der Waals surface area contributed by atoms with Gasteiger partial charge in [0, 0.05) is 38.1 Å². The lowest BCUT2D eigenvalue weighted by Gasteiger charge is -2.37. The van der Waals surface area contributed by atoms with Gasteiger partial charge in [0.25, 0.3) is 0 Å². The number of nitrogens with one attached hydrogen (secondary N) is 1. The Hall–Kier alpha value is -1.66. The molecule has 6 heteroatoms. The first-order chi connectivity index (χ1) is 12.2. The molecule has 1 atom stereocenters. The minimum atomic E-state index is -0.111. The lowest BCUT2D eigenvalue weighted by atomic mass is 9.84. The van der Waals surface area contributed by atoms with Crippen LogP contribution in [0.15, 0.2) is 23.8 Å². The van der Waals surface area contributed by atoms with E-state index < -0.39 is 0 Å². The summed E-state index contributed by atoms with van der Waals surface area (Å²) in [6, 6.07) is 4.18. The zero-order valence-corrected chi connectivity index (χ0v) is 15.6. The second kappa shape index (κ2) is 7.30. The highest BCUT2D eigenvalue weighted by molar-refractivity contribution is 7.09. The SMILES string of the molecule is Cn1cnc2c1[C@@H](C(=O)NCCc1cccs1)CN(CC1CCC1)C2. The van der Waals surface area contributed by atoms with Gasteiger partial charge in [0.05, 0.1) is 23.6 Å². The number of rotatable bonds is 6. The number of aryl methyl sites for hydroxylation is 1. The lowest BCUT2D eigenvalue weighted by molar-refractivity contribution is -0.123. The van der Waals surface area contributed by atoms with Crippen LogP contribution in [-0.2, 0) is 24.8 Å². The summed E-state index contributed by atoms with van der Waals surface area (Å²) in [5, 5.41) is 5.23. The summed E-state index contributed by atoms with van der Waals surface area (Å²) in [5.74, 6) is 0.840.